The predicted octanol–water partition coefficient (Wildman–Crippen LogP) is 1.93. The van der Waals surface area contributed by atoms with Gasteiger partial charge in [-0.15, -0.1) is 0 Å². The first-order valence-electron chi connectivity index (χ1n) is 5.82. The van der Waals surface area contributed by atoms with Crippen LogP contribution in [0, 0.1) is 6.42 Å². The van der Waals surface area contributed by atoms with Gasteiger partial charge in [-0.2, -0.15) is 0 Å². The van der Waals surface area contributed by atoms with E-state index < -0.39 is 0 Å². The molecule has 1 aliphatic rings. The minimum atomic E-state index is 0.179. The van der Waals surface area contributed by atoms with Gasteiger partial charge >= 0.3 is 0 Å². The molecule has 0 spiro atoms. The molecule has 0 aliphatic carbocycles. The van der Waals surface area contributed by atoms with Gasteiger partial charge < -0.3 is 4.90 Å². The van der Waals surface area contributed by atoms with Crippen molar-refractivity contribution in [2.75, 3.05) is 26.2 Å². The van der Waals surface area contributed by atoms with Crippen molar-refractivity contribution in [3.05, 3.63) is 42.3 Å². The fraction of sp³-hybridized carbons (Fsp3) is 0.385. The standard InChI is InChI=1S/C13H16ClN2O/c14-16-10-8-15(9-11-16)13(17)7-6-12-4-2-1-3-5-12/h1-6H,7-11H2. The number of amides is 1. The molecule has 1 saturated heterocycles. The number of carbonyl (C=O) groups is 1. The van der Waals surface area contributed by atoms with Gasteiger partial charge in [0.2, 0.25) is 5.91 Å². The summed E-state index contributed by atoms with van der Waals surface area (Å²) in [5, 5.41) is 0. The Kier molecular flexibility index (Phi) is 4.40. The second-order valence-corrected chi connectivity index (χ2v) is 4.59. The third-order valence-electron chi connectivity index (χ3n) is 2.89. The highest BCUT2D eigenvalue weighted by molar-refractivity contribution is 6.13. The van der Waals surface area contributed by atoms with E-state index in [9.17, 15) is 4.79 Å². The molecule has 3 nitrogen and oxygen atoms in total. The summed E-state index contributed by atoms with van der Waals surface area (Å²) < 4.78 is 1.73. The molecule has 1 aromatic rings. The van der Waals surface area contributed by atoms with Crippen molar-refractivity contribution >= 4 is 17.7 Å². The van der Waals surface area contributed by atoms with Crippen molar-refractivity contribution in [3.63, 3.8) is 0 Å². The fourth-order valence-corrected chi connectivity index (χ4v) is 2.01. The number of benzene rings is 1. The largest absolute Gasteiger partial charge is 0.340 e. The summed E-state index contributed by atoms with van der Waals surface area (Å²) in [6, 6.07) is 9.93. The van der Waals surface area contributed by atoms with Crippen LogP contribution in [-0.2, 0) is 4.79 Å². The lowest BCUT2D eigenvalue weighted by atomic mass is 10.1. The quantitative estimate of drug-likeness (QED) is 0.767. The zero-order valence-electron chi connectivity index (χ0n) is 9.68. The molecule has 91 valence electrons. The normalized spacial score (nSPS) is 17.1. The molecule has 0 N–H and O–H groups in total. The molecule has 0 saturated carbocycles. The van der Waals surface area contributed by atoms with Crippen molar-refractivity contribution in [3.8, 4) is 0 Å². The molecular formula is C13H16ClN2O. The van der Waals surface area contributed by atoms with Crippen LogP contribution in [0.2, 0.25) is 0 Å². The molecule has 1 aromatic carbocycles. The van der Waals surface area contributed by atoms with Crippen molar-refractivity contribution in [1.82, 2.24) is 9.32 Å². The highest BCUT2D eigenvalue weighted by atomic mass is 35.5. The molecule has 1 fully saturated rings. The summed E-state index contributed by atoms with van der Waals surface area (Å²) in [5.74, 6) is 0.179. The third kappa shape index (κ3) is 3.72. The Balaban J connectivity index is 1.78. The third-order valence-corrected chi connectivity index (χ3v) is 3.23. The molecule has 0 bridgehead atoms. The first-order valence-corrected chi connectivity index (χ1v) is 6.16. The van der Waals surface area contributed by atoms with E-state index >= 15 is 0 Å². The van der Waals surface area contributed by atoms with E-state index in [1.807, 2.05) is 41.7 Å². The second-order valence-electron chi connectivity index (χ2n) is 4.11. The van der Waals surface area contributed by atoms with Crippen molar-refractivity contribution in [2.24, 2.45) is 0 Å². The van der Waals surface area contributed by atoms with Crippen LogP contribution in [-0.4, -0.2) is 41.4 Å². The van der Waals surface area contributed by atoms with E-state index in [1.54, 1.807) is 4.42 Å². The minimum Gasteiger partial charge on any atom is -0.340 e. The predicted molar refractivity (Wildman–Crippen MR) is 68.5 cm³/mol. The maximum absolute atomic E-state index is 11.9. The Bertz CT molecular complexity index is 361. The Hall–Kier alpha value is -1.06. The average Bonchev–Trinajstić information content (AvgIpc) is 2.38. The van der Waals surface area contributed by atoms with Crippen LogP contribution in [0.3, 0.4) is 0 Å². The Morgan fingerprint density at radius 2 is 1.82 bits per heavy atom. The van der Waals surface area contributed by atoms with Crippen LogP contribution in [0.5, 0.6) is 0 Å². The van der Waals surface area contributed by atoms with Gasteiger partial charge in [0.05, 0.1) is 0 Å². The number of rotatable bonds is 3. The number of nitrogens with zero attached hydrogens (tertiary/aromatic N) is 2. The Morgan fingerprint density at radius 1 is 1.18 bits per heavy atom. The van der Waals surface area contributed by atoms with Crippen LogP contribution in [0.1, 0.15) is 12.0 Å². The van der Waals surface area contributed by atoms with E-state index in [0.717, 1.165) is 31.7 Å². The smallest absolute Gasteiger partial charge is 0.223 e. The number of hydrogen-bond donors (Lipinski definition) is 0. The molecule has 4 heteroatoms. The summed E-state index contributed by atoms with van der Waals surface area (Å²) in [6.45, 7) is 2.95. The van der Waals surface area contributed by atoms with Crippen LogP contribution >= 0.6 is 11.8 Å². The van der Waals surface area contributed by atoms with Crippen LogP contribution in [0.25, 0.3) is 0 Å². The second kappa shape index (κ2) is 6.03. The molecule has 0 atom stereocenters. The SMILES string of the molecule is O=C(C[CH]c1ccccc1)N1CCN(Cl)CC1. The summed E-state index contributed by atoms with van der Waals surface area (Å²) in [4.78, 5) is 13.8. The highest BCUT2D eigenvalue weighted by Gasteiger charge is 2.19. The fourth-order valence-electron chi connectivity index (χ4n) is 1.85. The lowest BCUT2D eigenvalue weighted by molar-refractivity contribution is -0.131. The highest BCUT2D eigenvalue weighted by Crippen LogP contribution is 2.09. The minimum absolute atomic E-state index is 0.179. The van der Waals surface area contributed by atoms with Gasteiger partial charge in [-0.05, 0) is 23.8 Å². The number of carbonyl (C=O) groups excluding carboxylic acids is 1. The van der Waals surface area contributed by atoms with Gasteiger partial charge in [0, 0.05) is 32.6 Å². The molecular weight excluding hydrogens is 236 g/mol. The van der Waals surface area contributed by atoms with Crippen LogP contribution < -0.4 is 0 Å². The van der Waals surface area contributed by atoms with Gasteiger partial charge in [-0.1, -0.05) is 30.3 Å². The van der Waals surface area contributed by atoms with Gasteiger partial charge in [0.15, 0.2) is 0 Å². The number of hydrogen-bond acceptors (Lipinski definition) is 2. The maximum Gasteiger partial charge on any atom is 0.223 e. The van der Waals surface area contributed by atoms with E-state index in [-0.39, 0.29) is 5.91 Å². The van der Waals surface area contributed by atoms with Crippen molar-refractivity contribution in [2.45, 2.75) is 6.42 Å². The van der Waals surface area contributed by atoms with Crippen molar-refractivity contribution in [1.29, 1.82) is 0 Å². The molecule has 0 aromatic heterocycles. The van der Waals surface area contributed by atoms with Gasteiger partial charge in [0.1, 0.15) is 0 Å². The first-order chi connectivity index (χ1) is 8.25. The first kappa shape index (κ1) is 12.4. The maximum atomic E-state index is 11.9. The topological polar surface area (TPSA) is 23.6 Å². The summed E-state index contributed by atoms with van der Waals surface area (Å²) >= 11 is 5.85. The number of piperazine rings is 1. The van der Waals surface area contributed by atoms with Crippen molar-refractivity contribution < 1.29 is 4.79 Å². The van der Waals surface area contributed by atoms with E-state index in [0.29, 0.717) is 6.42 Å². The lowest BCUT2D eigenvalue weighted by Gasteiger charge is -2.30. The Labute approximate surface area is 107 Å². The zero-order chi connectivity index (χ0) is 12.1. The van der Waals surface area contributed by atoms with Gasteiger partial charge in [-0.3, -0.25) is 4.79 Å². The molecule has 1 aliphatic heterocycles. The summed E-state index contributed by atoms with van der Waals surface area (Å²) in [7, 11) is 0. The monoisotopic (exact) mass is 251 g/mol. The van der Waals surface area contributed by atoms with Gasteiger partial charge in [0.25, 0.3) is 0 Å². The van der Waals surface area contributed by atoms with E-state index in [4.69, 9.17) is 11.8 Å². The Morgan fingerprint density at radius 3 is 2.47 bits per heavy atom. The average molecular weight is 252 g/mol. The molecule has 1 radical (unpaired) electrons. The van der Waals surface area contributed by atoms with Gasteiger partial charge in [-0.25, -0.2) is 4.42 Å². The lowest BCUT2D eigenvalue weighted by Crippen LogP contribution is -2.45. The van der Waals surface area contributed by atoms with E-state index in [2.05, 4.69) is 0 Å². The number of halogens is 1. The summed E-state index contributed by atoms with van der Waals surface area (Å²) in [6.07, 6.45) is 2.43. The molecule has 2 rings (SSSR count). The summed E-state index contributed by atoms with van der Waals surface area (Å²) in [5.41, 5.74) is 1.09. The molecule has 0 unspecified atom stereocenters. The molecule has 1 amide bonds. The van der Waals surface area contributed by atoms with E-state index in [1.165, 1.54) is 0 Å². The molecule has 17 heavy (non-hydrogen) atoms. The molecule has 1 heterocycles. The van der Waals surface area contributed by atoms with Crippen LogP contribution in [0.4, 0.5) is 0 Å². The zero-order valence-corrected chi connectivity index (χ0v) is 10.4. The van der Waals surface area contributed by atoms with Crippen LogP contribution in [0.15, 0.2) is 30.3 Å².